The number of carbonyl (C=O) groups is 2. The van der Waals surface area contributed by atoms with Crippen LogP contribution in [0.3, 0.4) is 0 Å². The minimum Gasteiger partial charge on any atom is -0.482 e. The number of carbonyl (C=O) groups excluding carboxylic acids is 2. The van der Waals surface area contributed by atoms with Gasteiger partial charge in [-0.1, -0.05) is 24.8 Å². The van der Waals surface area contributed by atoms with Gasteiger partial charge in [-0.2, -0.15) is 0 Å². The van der Waals surface area contributed by atoms with Crippen LogP contribution in [0.1, 0.15) is 27.2 Å². The Kier molecular flexibility index (Phi) is 6.57. The van der Waals surface area contributed by atoms with Crippen molar-refractivity contribution in [2.75, 3.05) is 20.3 Å². The maximum absolute atomic E-state index is 12.2. The van der Waals surface area contributed by atoms with Crippen LogP contribution < -0.4 is 4.74 Å². The van der Waals surface area contributed by atoms with E-state index < -0.39 is 5.97 Å². The van der Waals surface area contributed by atoms with Crippen LogP contribution >= 0.6 is 0 Å². The molecule has 3 rings (SSSR count). The maximum atomic E-state index is 12.2. The summed E-state index contributed by atoms with van der Waals surface area (Å²) >= 11 is 0. The topological polar surface area (TPSA) is 66.8 Å². The average molecular weight is 407 g/mol. The number of hydrogen-bond donors (Lipinski definition) is 0. The summed E-state index contributed by atoms with van der Waals surface area (Å²) in [5, 5.41) is 1.01. The molecule has 1 heterocycles. The molecule has 2 aromatic carbocycles. The third kappa shape index (κ3) is 4.54. The third-order valence-corrected chi connectivity index (χ3v) is 5.03. The number of methoxy groups -OCH3 is 1. The van der Waals surface area contributed by atoms with Crippen molar-refractivity contribution in [1.82, 2.24) is 4.57 Å². The SMILES string of the molecule is C=CCOC(=O)c1ccc2c(c1)c(C)c(C)n2Cc1cccc(OCC(=O)OC)c1. The van der Waals surface area contributed by atoms with Crippen LogP contribution in [-0.4, -0.2) is 36.8 Å². The van der Waals surface area contributed by atoms with E-state index in [9.17, 15) is 9.59 Å². The lowest BCUT2D eigenvalue weighted by Gasteiger charge is -2.11. The number of nitrogens with zero attached hydrogens (tertiary/aromatic N) is 1. The summed E-state index contributed by atoms with van der Waals surface area (Å²) in [5.74, 6) is -0.182. The van der Waals surface area contributed by atoms with Gasteiger partial charge in [-0.25, -0.2) is 9.59 Å². The molecule has 6 heteroatoms. The highest BCUT2D eigenvalue weighted by molar-refractivity contribution is 5.96. The van der Waals surface area contributed by atoms with Crippen molar-refractivity contribution in [2.45, 2.75) is 20.4 Å². The largest absolute Gasteiger partial charge is 0.482 e. The van der Waals surface area contributed by atoms with Crippen molar-refractivity contribution in [3.8, 4) is 5.75 Å². The molecule has 156 valence electrons. The quantitative estimate of drug-likeness (QED) is 0.414. The minimum absolute atomic E-state index is 0.130. The van der Waals surface area contributed by atoms with Gasteiger partial charge in [0, 0.05) is 23.1 Å². The first-order valence-corrected chi connectivity index (χ1v) is 9.60. The average Bonchev–Trinajstić information content (AvgIpc) is 3.00. The highest BCUT2D eigenvalue weighted by Gasteiger charge is 2.15. The van der Waals surface area contributed by atoms with Gasteiger partial charge in [0.25, 0.3) is 0 Å². The highest BCUT2D eigenvalue weighted by Crippen LogP contribution is 2.28. The molecular weight excluding hydrogens is 382 g/mol. The van der Waals surface area contributed by atoms with Crippen LogP contribution in [0.15, 0.2) is 55.1 Å². The number of benzene rings is 2. The molecule has 3 aromatic rings. The van der Waals surface area contributed by atoms with E-state index in [2.05, 4.69) is 22.8 Å². The monoisotopic (exact) mass is 407 g/mol. The van der Waals surface area contributed by atoms with Gasteiger partial charge in [0.1, 0.15) is 12.4 Å². The van der Waals surface area contributed by atoms with E-state index in [0.29, 0.717) is 17.9 Å². The van der Waals surface area contributed by atoms with Crippen LogP contribution in [0.4, 0.5) is 0 Å². The first-order chi connectivity index (χ1) is 14.4. The Balaban J connectivity index is 1.88. The van der Waals surface area contributed by atoms with E-state index in [-0.39, 0.29) is 19.2 Å². The van der Waals surface area contributed by atoms with E-state index >= 15 is 0 Å². The fourth-order valence-electron chi connectivity index (χ4n) is 3.32. The predicted molar refractivity (Wildman–Crippen MR) is 115 cm³/mol. The van der Waals surface area contributed by atoms with Crippen molar-refractivity contribution in [3.63, 3.8) is 0 Å². The van der Waals surface area contributed by atoms with Crippen LogP contribution in [-0.2, 0) is 20.8 Å². The Morgan fingerprint density at radius 1 is 1.13 bits per heavy atom. The van der Waals surface area contributed by atoms with Crippen molar-refractivity contribution in [2.24, 2.45) is 0 Å². The molecule has 0 amide bonds. The Labute approximate surface area is 175 Å². The fourth-order valence-corrected chi connectivity index (χ4v) is 3.32. The van der Waals surface area contributed by atoms with Gasteiger partial charge in [0.15, 0.2) is 6.61 Å². The summed E-state index contributed by atoms with van der Waals surface area (Å²) in [6.07, 6.45) is 1.55. The second-order valence-corrected chi connectivity index (χ2v) is 6.93. The van der Waals surface area contributed by atoms with Crippen LogP contribution in [0.25, 0.3) is 10.9 Å². The molecule has 0 fully saturated rings. The number of esters is 2. The van der Waals surface area contributed by atoms with E-state index in [4.69, 9.17) is 9.47 Å². The summed E-state index contributed by atoms with van der Waals surface area (Å²) in [6.45, 7) is 8.35. The molecule has 0 saturated heterocycles. The van der Waals surface area contributed by atoms with E-state index in [0.717, 1.165) is 27.7 Å². The summed E-state index contributed by atoms with van der Waals surface area (Å²) in [4.78, 5) is 23.5. The van der Waals surface area contributed by atoms with Crippen molar-refractivity contribution in [1.29, 1.82) is 0 Å². The number of hydrogen-bond acceptors (Lipinski definition) is 5. The van der Waals surface area contributed by atoms with E-state index in [1.54, 1.807) is 18.2 Å². The molecule has 30 heavy (non-hydrogen) atoms. The molecule has 0 aliphatic heterocycles. The van der Waals surface area contributed by atoms with Crippen molar-refractivity contribution in [3.05, 3.63) is 77.5 Å². The molecule has 0 N–H and O–H groups in total. The number of aromatic nitrogens is 1. The summed E-state index contributed by atoms with van der Waals surface area (Å²) in [7, 11) is 1.33. The third-order valence-electron chi connectivity index (χ3n) is 5.03. The Bertz CT molecular complexity index is 1100. The van der Waals surface area contributed by atoms with Gasteiger partial charge in [-0.15, -0.1) is 0 Å². The summed E-state index contributed by atoms with van der Waals surface area (Å²) in [6, 6.07) is 13.2. The van der Waals surface area contributed by atoms with Gasteiger partial charge in [0.2, 0.25) is 0 Å². The number of rotatable bonds is 8. The molecule has 0 bridgehead atoms. The lowest BCUT2D eigenvalue weighted by molar-refractivity contribution is -0.142. The molecule has 0 aliphatic rings. The summed E-state index contributed by atoms with van der Waals surface area (Å²) < 4.78 is 17.4. The van der Waals surface area contributed by atoms with E-state index in [1.165, 1.54) is 7.11 Å². The Morgan fingerprint density at radius 3 is 2.67 bits per heavy atom. The van der Waals surface area contributed by atoms with Crippen molar-refractivity contribution < 1.29 is 23.8 Å². The minimum atomic E-state index is -0.425. The standard InChI is InChI=1S/C24H25NO5/c1-5-11-29-24(27)19-9-10-22-21(13-19)16(2)17(3)25(22)14-18-7-6-8-20(12-18)30-15-23(26)28-4/h5-10,12-13H,1,11,14-15H2,2-4H3. The predicted octanol–water partition coefficient (Wildman–Crippen LogP) is 4.20. The van der Waals surface area contributed by atoms with Gasteiger partial charge >= 0.3 is 11.9 Å². The molecule has 0 radical (unpaired) electrons. The first-order valence-electron chi connectivity index (χ1n) is 9.60. The Morgan fingerprint density at radius 2 is 1.93 bits per heavy atom. The second-order valence-electron chi connectivity index (χ2n) is 6.93. The number of ether oxygens (including phenoxy) is 3. The molecule has 6 nitrogen and oxygen atoms in total. The van der Waals surface area contributed by atoms with Gasteiger partial charge in [0.05, 0.1) is 12.7 Å². The molecule has 1 aromatic heterocycles. The number of aryl methyl sites for hydroxylation is 1. The lowest BCUT2D eigenvalue weighted by atomic mass is 10.1. The zero-order valence-corrected chi connectivity index (χ0v) is 17.4. The zero-order chi connectivity index (χ0) is 21.7. The molecule has 0 unspecified atom stereocenters. The molecule has 0 saturated carbocycles. The maximum Gasteiger partial charge on any atom is 0.343 e. The number of fused-ring (bicyclic) bond motifs is 1. The van der Waals surface area contributed by atoms with Gasteiger partial charge < -0.3 is 18.8 Å². The molecule has 0 spiro atoms. The highest BCUT2D eigenvalue weighted by atomic mass is 16.6. The van der Waals surface area contributed by atoms with Gasteiger partial charge in [-0.05, 0) is 55.3 Å². The smallest absolute Gasteiger partial charge is 0.343 e. The molecule has 0 atom stereocenters. The molecule has 0 aliphatic carbocycles. The second kappa shape index (κ2) is 9.31. The van der Waals surface area contributed by atoms with Crippen LogP contribution in [0.5, 0.6) is 5.75 Å². The van der Waals surface area contributed by atoms with E-state index in [1.807, 2.05) is 37.3 Å². The molecular formula is C24H25NO5. The first kappa shape index (κ1) is 21.2. The van der Waals surface area contributed by atoms with Crippen LogP contribution in [0.2, 0.25) is 0 Å². The van der Waals surface area contributed by atoms with Gasteiger partial charge in [-0.3, -0.25) is 0 Å². The van der Waals surface area contributed by atoms with Crippen molar-refractivity contribution >= 4 is 22.8 Å². The van der Waals surface area contributed by atoms with Crippen LogP contribution in [0, 0.1) is 13.8 Å². The lowest BCUT2D eigenvalue weighted by Crippen LogP contribution is -2.12. The zero-order valence-electron chi connectivity index (χ0n) is 17.4. The summed E-state index contributed by atoms with van der Waals surface area (Å²) in [5.41, 5.74) is 4.81. The fraction of sp³-hybridized carbons (Fsp3) is 0.250. The Hall–Kier alpha value is -3.54. The normalized spacial score (nSPS) is 10.6.